The number of benzene rings is 1. The van der Waals surface area contributed by atoms with Crippen LogP contribution in [0.4, 0.5) is 11.4 Å². The lowest BCUT2D eigenvalue weighted by Crippen LogP contribution is -2.33. The van der Waals surface area contributed by atoms with E-state index in [0.29, 0.717) is 0 Å². The number of pyridine rings is 1. The van der Waals surface area contributed by atoms with Crippen molar-refractivity contribution in [3.8, 4) is 0 Å². The quantitative estimate of drug-likeness (QED) is 0.865. The van der Waals surface area contributed by atoms with Crippen LogP contribution in [0.1, 0.15) is 26.7 Å². The molecule has 1 saturated carbocycles. The zero-order valence-electron chi connectivity index (χ0n) is 10.9. The summed E-state index contributed by atoms with van der Waals surface area (Å²) < 4.78 is 0. The maximum Gasteiger partial charge on any atom is 0.0743 e. The largest absolute Gasteiger partial charge is 0.396 e. The van der Waals surface area contributed by atoms with Gasteiger partial charge in [0.25, 0.3) is 0 Å². The van der Waals surface area contributed by atoms with E-state index < -0.39 is 0 Å². The van der Waals surface area contributed by atoms with Gasteiger partial charge < -0.3 is 11.1 Å². The molecule has 3 heteroatoms. The second-order valence-corrected chi connectivity index (χ2v) is 5.73. The van der Waals surface area contributed by atoms with Crippen molar-refractivity contribution in [3.63, 3.8) is 0 Å². The van der Waals surface area contributed by atoms with Crippen LogP contribution in [-0.2, 0) is 0 Å². The number of hydrogen-bond acceptors (Lipinski definition) is 3. The van der Waals surface area contributed by atoms with Crippen LogP contribution in [0.5, 0.6) is 0 Å². The lowest BCUT2D eigenvalue weighted by Gasteiger charge is -2.29. The standard InChI is InChI=1S/C15H19N3/c1-15(2,10-7-8-10)18-14-11-5-3-4-6-13(11)17-9-12(14)16/h3-6,9-10H,7-8,16H2,1-2H3,(H,17,18). The summed E-state index contributed by atoms with van der Waals surface area (Å²) in [6.45, 7) is 4.50. The van der Waals surface area contributed by atoms with Gasteiger partial charge >= 0.3 is 0 Å². The molecule has 1 aromatic carbocycles. The Labute approximate surface area is 107 Å². The molecular formula is C15H19N3. The van der Waals surface area contributed by atoms with Crippen molar-refractivity contribution in [3.05, 3.63) is 30.5 Å². The Morgan fingerprint density at radius 3 is 2.72 bits per heavy atom. The minimum absolute atomic E-state index is 0.0955. The van der Waals surface area contributed by atoms with Crippen LogP contribution in [-0.4, -0.2) is 10.5 Å². The van der Waals surface area contributed by atoms with E-state index >= 15 is 0 Å². The van der Waals surface area contributed by atoms with Gasteiger partial charge in [0.1, 0.15) is 0 Å². The number of rotatable bonds is 3. The molecule has 0 spiro atoms. The highest BCUT2D eigenvalue weighted by Gasteiger charge is 2.38. The number of nitrogen functional groups attached to an aromatic ring is 1. The average Bonchev–Trinajstić information content (AvgIpc) is 3.17. The van der Waals surface area contributed by atoms with E-state index in [1.54, 1.807) is 6.20 Å². The highest BCUT2D eigenvalue weighted by molar-refractivity contribution is 5.97. The highest BCUT2D eigenvalue weighted by Crippen LogP contribution is 2.42. The van der Waals surface area contributed by atoms with Crippen LogP contribution >= 0.6 is 0 Å². The van der Waals surface area contributed by atoms with Crippen molar-refractivity contribution in [2.24, 2.45) is 5.92 Å². The topological polar surface area (TPSA) is 50.9 Å². The Balaban J connectivity index is 2.07. The van der Waals surface area contributed by atoms with E-state index in [4.69, 9.17) is 5.73 Å². The van der Waals surface area contributed by atoms with Crippen molar-refractivity contribution in [2.45, 2.75) is 32.2 Å². The fraction of sp³-hybridized carbons (Fsp3) is 0.400. The van der Waals surface area contributed by atoms with Crippen molar-refractivity contribution in [1.29, 1.82) is 0 Å². The summed E-state index contributed by atoms with van der Waals surface area (Å²) in [5, 5.41) is 4.73. The molecule has 0 aliphatic heterocycles. The Morgan fingerprint density at radius 2 is 2.00 bits per heavy atom. The van der Waals surface area contributed by atoms with Crippen molar-refractivity contribution >= 4 is 22.3 Å². The monoisotopic (exact) mass is 241 g/mol. The summed E-state index contributed by atoms with van der Waals surface area (Å²) in [5.74, 6) is 0.754. The number of nitrogens with one attached hydrogen (secondary N) is 1. The van der Waals surface area contributed by atoms with Crippen LogP contribution in [0.2, 0.25) is 0 Å². The SMILES string of the molecule is CC(C)(Nc1c(N)cnc2ccccc12)C1CC1. The molecule has 3 nitrogen and oxygen atoms in total. The predicted octanol–water partition coefficient (Wildman–Crippen LogP) is 3.42. The average molecular weight is 241 g/mol. The molecule has 3 N–H and O–H groups in total. The van der Waals surface area contributed by atoms with Gasteiger partial charge in [0.2, 0.25) is 0 Å². The molecule has 3 rings (SSSR count). The third-order valence-electron chi connectivity index (χ3n) is 3.85. The lowest BCUT2D eigenvalue weighted by molar-refractivity contribution is 0.495. The number of para-hydroxylation sites is 1. The smallest absolute Gasteiger partial charge is 0.0743 e. The number of nitrogens with zero attached hydrogens (tertiary/aromatic N) is 1. The zero-order chi connectivity index (χ0) is 12.8. The fourth-order valence-electron chi connectivity index (χ4n) is 2.53. The molecular weight excluding hydrogens is 222 g/mol. The van der Waals surface area contributed by atoms with Gasteiger partial charge in [-0.25, -0.2) is 0 Å². The third kappa shape index (κ3) is 1.90. The van der Waals surface area contributed by atoms with Crippen LogP contribution in [0, 0.1) is 5.92 Å². The van der Waals surface area contributed by atoms with E-state index in [9.17, 15) is 0 Å². The van der Waals surface area contributed by atoms with Gasteiger partial charge in [-0.3, -0.25) is 4.98 Å². The second kappa shape index (κ2) is 3.87. The van der Waals surface area contributed by atoms with E-state index in [-0.39, 0.29) is 5.54 Å². The first-order chi connectivity index (χ1) is 8.58. The number of hydrogen-bond donors (Lipinski definition) is 2. The Hall–Kier alpha value is -1.77. The number of nitrogens with two attached hydrogens (primary N) is 1. The van der Waals surface area contributed by atoms with Gasteiger partial charge in [-0.1, -0.05) is 18.2 Å². The van der Waals surface area contributed by atoms with E-state index in [1.165, 1.54) is 12.8 Å². The molecule has 0 amide bonds. The molecule has 18 heavy (non-hydrogen) atoms. The minimum atomic E-state index is 0.0955. The summed E-state index contributed by atoms with van der Waals surface area (Å²) in [6, 6.07) is 8.12. The molecule has 0 bridgehead atoms. The molecule has 1 heterocycles. The molecule has 0 atom stereocenters. The summed E-state index contributed by atoms with van der Waals surface area (Å²) in [7, 11) is 0. The first kappa shape index (κ1) is 11.3. The van der Waals surface area contributed by atoms with Gasteiger partial charge in [-0.15, -0.1) is 0 Å². The maximum atomic E-state index is 6.09. The molecule has 94 valence electrons. The number of fused-ring (bicyclic) bond motifs is 1. The van der Waals surface area contributed by atoms with Crippen molar-refractivity contribution < 1.29 is 0 Å². The van der Waals surface area contributed by atoms with Gasteiger partial charge in [-0.05, 0) is 38.7 Å². The Bertz CT molecular complexity index is 585. The fourth-order valence-corrected chi connectivity index (χ4v) is 2.53. The van der Waals surface area contributed by atoms with Gasteiger partial charge in [0, 0.05) is 10.9 Å². The second-order valence-electron chi connectivity index (χ2n) is 5.73. The molecule has 2 aromatic rings. The highest BCUT2D eigenvalue weighted by atomic mass is 15.0. The maximum absolute atomic E-state index is 6.09. The van der Waals surface area contributed by atoms with Gasteiger partial charge in [0.15, 0.2) is 0 Å². The van der Waals surface area contributed by atoms with Crippen LogP contribution in [0.25, 0.3) is 10.9 Å². The Morgan fingerprint density at radius 1 is 1.28 bits per heavy atom. The first-order valence-electron chi connectivity index (χ1n) is 6.49. The van der Waals surface area contributed by atoms with Crippen molar-refractivity contribution in [2.75, 3.05) is 11.1 Å². The minimum Gasteiger partial charge on any atom is -0.396 e. The van der Waals surface area contributed by atoms with E-state index in [1.807, 2.05) is 18.2 Å². The third-order valence-corrected chi connectivity index (χ3v) is 3.85. The summed E-state index contributed by atoms with van der Waals surface area (Å²) >= 11 is 0. The van der Waals surface area contributed by atoms with Gasteiger partial charge in [-0.2, -0.15) is 0 Å². The summed E-state index contributed by atoms with van der Waals surface area (Å²) in [5.41, 5.74) is 8.92. The van der Waals surface area contributed by atoms with E-state index in [0.717, 1.165) is 28.2 Å². The molecule has 0 unspecified atom stereocenters. The summed E-state index contributed by atoms with van der Waals surface area (Å²) in [4.78, 5) is 4.37. The van der Waals surface area contributed by atoms with Gasteiger partial charge in [0.05, 0.1) is 23.1 Å². The molecule has 1 aromatic heterocycles. The van der Waals surface area contributed by atoms with E-state index in [2.05, 4.69) is 30.2 Å². The first-order valence-corrected chi connectivity index (χ1v) is 6.49. The molecule has 1 aliphatic rings. The molecule has 0 radical (unpaired) electrons. The van der Waals surface area contributed by atoms with Crippen LogP contribution < -0.4 is 11.1 Å². The van der Waals surface area contributed by atoms with Crippen molar-refractivity contribution in [1.82, 2.24) is 4.98 Å². The number of aromatic nitrogens is 1. The molecule has 1 aliphatic carbocycles. The summed E-state index contributed by atoms with van der Waals surface area (Å²) in [6.07, 6.45) is 4.36. The normalized spacial score (nSPS) is 15.9. The molecule has 0 saturated heterocycles. The molecule has 1 fully saturated rings. The Kier molecular flexibility index (Phi) is 2.44. The van der Waals surface area contributed by atoms with Crippen LogP contribution in [0.3, 0.4) is 0 Å². The predicted molar refractivity (Wildman–Crippen MR) is 76.6 cm³/mol. The zero-order valence-corrected chi connectivity index (χ0v) is 10.9. The lowest BCUT2D eigenvalue weighted by atomic mass is 9.97. The van der Waals surface area contributed by atoms with Crippen LogP contribution in [0.15, 0.2) is 30.5 Å². The number of anilines is 2.